The Balaban J connectivity index is 2.42. The van der Waals surface area contributed by atoms with Crippen LogP contribution in [-0.4, -0.2) is 37.4 Å². The first-order chi connectivity index (χ1) is 8.13. The lowest BCUT2D eigenvalue weighted by molar-refractivity contribution is -0.123. The number of methoxy groups -OCH3 is 1. The van der Waals surface area contributed by atoms with Crippen molar-refractivity contribution in [2.45, 2.75) is 13.0 Å². The zero-order valence-electron chi connectivity index (χ0n) is 9.97. The van der Waals surface area contributed by atoms with Gasteiger partial charge < -0.3 is 19.9 Å². The number of carbonyl (C=O) groups excluding carboxylic acids is 1. The Morgan fingerprint density at radius 3 is 2.65 bits per heavy atom. The summed E-state index contributed by atoms with van der Waals surface area (Å²) in [6.07, 6.45) is -0.565. The minimum Gasteiger partial charge on any atom is -0.493 e. The monoisotopic (exact) mass is 239 g/mol. The average Bonchev–Trinajstić information content (AvgIpc) is 2.34. The number of aliphatic hydroxyl groups is 1. The van der Waals surface area contributed by atoms with Crippen molar-refractivity contribution in [3.05, 3.63) is 24.3 Å². The third kappa shape index (κ3) is 4.74. The molecule has 1 amide bonds. The van der Waals surface area contributed by atoms with Gasteiger partial charge in [-0.05, 0) is 19.1 Å². The first-order valence-corrected chi connectivity index (χ1v) is 5.34. The van der Waals surface area contributed by atoms with Crippen LogP contribution in [0.2, 0.25) is 0 Å². The van der Waals surface area contributed by atoms with Crippen LogP contribution in [0.4, 0.5) is 0 Å². The molecule has 0 aliphatic carbocycles. The fraction of sp³-hybridized carbons (Fsp3) is 0.417. The Bertz CT molecular complexity index is 365. The maximum absolute atomic E-state index is 11.3. The molecule has 1 unspecified atom stereocenters. The van der Waals surface area contributed by atoms with Crippen LogP contribution in [0, 0.1) is 0 Å². The molecule has 94 valence electrons. The van der Waals surface area contributed by atoms with Crippen LogP contribution in [0.25, 0.3) is 0 Å². The summed E-state index contributed by atoms with van der Waals surface area (Å²) >= 11 is 0. The summed E-state index contributed by atoms with van der Waals surface area (Å²) in [6, 6.07) is 7.09. The normalized spacial score (nSPS) is 11.7. The maximum atomic E-state index is 11.3. The van der Waals surface area contributed by atoms with E-state index in [4.69, 9.17) is 14.6 Å². The van der Waals surface area contributed by atoms with E-state index < -0.39 is 6.10 Å². The zero-order valence-corrected chi connectivity index (χ0v) is 9.97. The molecule has 0 bridgehead atoms. The lowest BCUT2D eigenvalue weighted by Crippen LogP contribution is -2.34. The molecule has 0 aliphatic rings. The molecule has 1 rings (SSSR count). The number of nitrogens with one attached hydrogen (secondary N) is 1. The molecule has 0 aliphatic heterocycles. The van der Waals surface area contributed by atoms with E-state index in [9.17, 15) is 4.79 Å². The molecule has 0 spiro atoms. The summed E-state index contributed by atoms with van der Waals surface area (Å²) in [7, 11) is 1.54. The Hall–Kier alpha value is -1.75. The summed E-state index contributed by atoms with van der Waals surface area (Å²) in [5.41, 5.74) is 0. The van der Waals surface area contributed by atoms with Crippen LogP contribution in [0.5, 0.6) is 11.5 Å². The van der Waals surface area contributed by atoms with Crippen molar-refractivity contribution in [2.75, 3.05) is 20.3 Å². The number of para-hydroxylation sites is 2. The van der Waals surface area contributed by atoms with Crippen LogP contribution in [0.3, 0.4) is 0 Å². The third-order valence-corrected chi connectivity index (χ3v) is 2.02. The van der Waals surface area contributed by atoms with Gasteiger partial charge in [0.05, 0.1) is 13.2 Å². The number of benzene rings is 1. The number of carbonyl (C=O) groups is 1. The highest BCUT2D eigenvalue weighted by molar-refractivity contribution is 5.77. The minimum atomic E-state index is -0.565. The van der Waals surface area contributed by atoms with Gasteiger partial charge in [-0.3, -0.25) is 4.79 Å². The molecule has 0 saturated heterocycles. The van der Waals surface area contributed by atoms with Crippen molar-refractivity contribution in [3.63, 3.8) is 0 Å². The summed E-state index contributed by atoms with van der Waals surface area (Å²) in [6.45, 7) is 1.71. The molecular weight excluding hydrogens is 222 g/mol. The predicted octanol–water partition coefficient (Wildman–Crippen LogP) is 0.571. The van der Waals surface area contributed by atoms with Gasteiger partial charge >= 0.3 is 0 Å². The number of hydrogen-bond acceptors (Lipinski definition) is 4. The van der Waals surface area contributed by atoms with Crippen LogP contribution in [0.15, 0.2) is 24.3 Å². The van der Waals surface area contributed by atoms with E-state index in [-0.39, 0.29) is 19.1 Å². The highest BCUT2D eigenvalue weighted by Gasteiger charge is 2.07. The molecule has 0 fully saturated rings. The minimum absolute atomic E-state index is 0.104. The van der Waals surface area contributed by atoms with Crippen LogP contribution < -0.4 is 14.8 Å². The van der Waals surface area contributed by atoms with Crippen LogP contribution >= 0.6 is 0 Å². The molecule has 1 aromatic rings. The fourth-order valence-electron chi connectivity index (χ4n) is 1.19. The number of hydrogen-bond donors (Lipinski definition) is 2. The van der Waals surface area contributed by atoms with Crippen molar-refractivity contribution in [2.24, 2.45) is 0 Å². The number of amides is 1. The molecule has 5 nitrogen and oxygen atoms in total. The molecule has 5 heteroatoms. The Morgan fingerprint density at radius 1 is 1.41 bits per heavy atom. The zero-order chi connectivity index (χ0) is 12.7. The van der Waals surface area contributed by atoms with E-state index in [1.807, 2.05) is 6.07 Å². The van der Waals surface area contributed by atoms with Crippen molar-refractivity contribution in [1.82, 2.24) is 5.32 Å². The highest BCUT2D eigenvalue weighted by atomic mass is 16.5. The van der Waals surface area contributed by atoms with Gasteiger partial charge in [0, 0.05) is 6.54 Å². The maximum Gasteiger partial charge on any atom is 0.258 e. The topological polar surface area (TPSA) is 67.8 Å². The van der Waals surface area contributed by atoms with Gasteiger partial charge in [0.2, 0.25) is 0 Å². The molecule has 1 aromatic carbocycles. The van der Waals surface area contributed by atoms with Gasteiger partial charge in [0.15, 0.2) is 18.1 Å². The second kappa shape index (κ2) is 6.75. The number of aliphatic hydroxyl groups excluding tert-OH is 1. The van der Waals surface area contributed by atoms with Gasteiger partial charge in [-0.15, -0.1) is 0 Å². The van der Waals surface area contributed by atoms with E-state index in [0.29, 0.717) is 11.5 Å². The van der Waals surface area contributed by atoms with Crippen molar-refractivity contribution >= 4 is 5.91 Å². The van der Waals surface area contributed by atoms with Gasteiger partial charge in [-0.25, -0.2) is 0 Å². The molecule has 17 heavy (non-hydrogen) atoms. The molecule has 0 radical (unpaired) electrons. The molecule has 1 atom stereocenters. The molecule has 0 saturated carbocycles. The molecule has 0 heterocycles. The molecule has 2 N–H and O–H groups in total. The van der Waals surface area contributed by atoms with Crippen LogP contribution in [0.1, 0.15) is 6.92 Å². The van der Waals surface area contributed by atoms with Gasteiger partial charge in [-0.2, -0.15) is 0 Å². The van der Waals surface area contributed by atoms with Crippen molar-refractivity contribution in [1.29, 1.82) is 0 Å². The Morgan fingerprint density at radius 2 is 2.06 bits per heavy atom. The van der Waals surface area contributed by atoms with Crippen molar-refractivity contribution in [3.8, 4) is 11.5 Å². The summed E-state index contributed by atoms with van der Waals surface area (Å²) in [5, 5.41) is 11.5. The first-order valence-electron chi connectivity index (χ1n) is 5.34. The van der Waals surface area contributed by atoms with E-state index in [1.165, 1.54) is 7.11 Å². The standard InChI is InChI=1S/C12H17NO4/c1-9(14)7-13-12(15)8-17-11-6-4-3-5-10(11)16-2/h3-6,9,14H,7-8H2,1-2H3,(H,13,15). The predicted molar refractivity (Wildman–Crippen MR) is 63.2 cm³/mol. The number of ether oxygens (including phenoxy) is 2. The largest absolute Gasteiger partial charge is 0.493 e. The summed E-state index contributed by atoms with van der Waals surface area (Å²) < 4.78 is 10.4. The first kappa shape index (κ1) is 13.3. The van der Waals surface area contributed by atoms with E-state index in [1.54, 1.807) is 25.1 Å². The number of rotatable bonds is 6. The van der Waals surface area contributed by atoms with E-state index in [0.717, 1.165) is 0 Å². The Kier molecular flexibility index (Phi) is 5.29. The van der Waals surface area contributed by atoms with Gasteiger partial charge in [0.25, 0.3) is 5.91 Å². The Labute approximate surface area is 100 Å². The third-order valence-electron chi connectivity index (χ3n) is 2.02. The van der Waals surface area contributed by atoms with Gasteiger partial charge in [0.1, 0.15) is 0 Å². The van der Waals surface area contributed by atoms with E-state index >= 15 is 0 Å². The molecule has 0 aromatic heterocycles. The highest BCUT2D eigenvalue weighted by Crippen LogP contribution is 2.25. The lowest BCUT2D eigenvalue weighted by atomic mass is 10.3. The molecular formula is C12H17NO4. The summed E-state index contributed by atoms with van der Waals surface area (Å²) in [4.78, 5) is 11.3. The van der Waals surface area contributed by atoms with Crippen LogP contribution in [-0.2, 0) is 4.79 Å². The second-order valence-electron chi connectivity index (χ2n) is 3.59. The smallest absolute Gasteiger partial charge is 0.258 e. The lowest BCUT2D eigenvalue weighted by Gasteiger charge is -2.11. The van der Waals surface area contributed by atoms with E-state index in [2.05, 4.69) is 5.32 Å². The quantitative estimate of drug-likeness (QED) is 0.761. The summed E-state index contributed by atoms with van der Waals surface area (Å²) in [5.74, 6) is 0.815. The van der Waals surface area contributed by atoms with Crippen molar-refractivity contribution < 1.29 is 19.4 Å². The SMILES string of the molecule is COc1ccccc1OCC(=O)NCC(C)O. The second-order valence-corrected chi connectivity index (χ2v) is 3.59. The fourth-order valence-corrected chi connectivity index (χ4v) is 1.19. The van der Waals surface area contributed by atoms with Gasteiger partial charge in [-0.1, -0.05) is 12.1 Å². The average molecular weight is 239 g/mol.